The predicted octanol–water partition coefficient (Wildman–Crippen LogP) is 5.10. The van der Waals surface area contributed by atoms with E-state index in [1.54, 1.807) is 30.1 Å². The molecule has 42 heavy (non-hydrogen) atoms. The summed E-state index contributed by atoms with van der Waals surface area (Å²) in [5, 5.41) is 16.1. The summed E-state index contributed by atoms with van der Waals surface area (Å²) in [6.07, 6.45) is 2.76. The Bertz CT molecular complexity index is 1870. The lowest BCUT2D eigenvalue weighted by atomic mass is 9.96. The number of primary amides is 1. The van der Waals surface area contributed by atoms with Crippen molar-refractivity contribution in [2.45, 2.75) is 33.1 Å². The van der Waals surface area contributed by atoms with Crippen molar-refractivity contribution in [3.63, 3.8) is 0 Å². The minimum atomic E-state index is -0.850. The first-order valence-electron chi connectivity index (χ1n) is 13.5. The Morgan fingerprint density at radius 3 is 2.29 bits per heavy atom. The van der Waals surface area contributed by atoms with Crippen LogP contribution >= 0.6 is 0 Å². The Morgan fingerprint density at radius 1 is 0.976 bits per heavy atom. The smallest absolute Gasteiger partial charge is 0.280 e. The number of para-hydroxylation sites is 1. The molecule has 0 atom stereocenters. The van der Waals surface area contributed by atoms with E-state index in [9.17, 15) is 19.1 Å². The van der Waals surface area contributed by atoms with Gasteiger partial charge in [0.2, 0.25) is 11.8 Å². The van der Waals surface area contributed by atoms with Crippen molar-refractivity contribution in [3.8, 4) is 34.2 Å². The number of hydrogen-bond donors (Lipinski definition) is 2. The second kappa shape index (κ2) is 11.4. The van der Waals surface area contributed by atoms with Crippen LogP contribution in [0.4, 0.5) is 8.78 Å². The molecule has 5 rings (SSSR count). The van der Waals surface area contributed by atoms with Crippen molar-refractivity contribution in [2.24, 2.45) is 12.8 Å². The van der Waals surface area contributed by atoms with Gasteiger partial charge in [0.05, 0.1) is 11.3 Å². The van der Waals surface area contributed by atoms with Crippen molar-refractivity contribution < 1.29 is 18.7 Å². The molecule has 0 bridgehead atoms. The van der Waals surface area contributed by atoms with Crippen LogP contribution in [0.2, 0.25) is 0 Å². The van der Waals surface area contributed by atoms with Gasteiger partial charge in [-0.25, -0.2) is 8.78 Å². The Hall–Kier alpha value is -5.12. The van der Waals surface area contributed by atoms with Crippen LogP contribution in [0.5, 0.6) is 5.88 Å². The first-order chi connectivity index (χ1) is 20.1. The lowest BCUT2D eigenvalue weighted by Gasteiger charge is -2.21. The number of nitrogens with two attached hydrogens (primary N) is 1. The summed E-state index contributed by atoms with van der Waals surface area (Å²) in [7, 11) is 1.74. The van der Waals surface area contributed by atoms with Gasteiger partial charge in [0, 0.05) is 25.2 Å². The fraction of sp³-hybridized carbons (Fsp3) is 0.188. The second-order valence-electron chi connectivity index (χ2n) is 9.92. The molecule has 3 N–H and O–H groups in total. The number of hydrogen-bond acceptors (Lipinski definition) is 5. The molecule has 3 aromatic carbocycles. The van der Waals surface area contributed by atoms with E-state index in [1.165, 1.54) is 22.8 Å². The number of carbonyl (C=O) groups is 1. The van der Waals surface area contributed by atoms with Crippen molar-refractivity contribution >= 4 is 5.91 Å². The first-order valence-corrected chi connectivity index (χ1v) is 13.5. The highest BCUT2D eigenvalue weighted by Gasteiger charge is 2.24. The summed E-state index contributed by atoms with van der Waals surface area (Å²) in [5.41, 5.74) is 8.16. The normalized spacial score (nSPS) is 11.2. The lowest BCUT2D eigenvalue weighted by molar-refractivity contribution is 0.100. The third kappa shape index (κ3) is 5.18. The number of aromatic hydroxyl groups is 1. The molecule has 10 heteroatoms. The summed E-state index contributed by atoms with van der Waals surface area (Å²) in [5.74, 6) is -2.37. The van der Waals surface area contributed by atoms with Gasteiger partial charge in [-0.2, -0.15) is 10.1 Å². The number of aryl methyl sites for hydroxylation is 3. The maximum Gasteiger partial charge on any atom is 0.280 e. The van der Waals surface area contributed by atoms with Gasteiger partial charge in [-0.1, -0.05) is 50.2 Å². The molecule has 0 aliphatic heterocycles. The maximum absolute atomic E-state index is 15.5. The van der Waals surface area contributed by atoms with E-state index >= 15 is 4.39 Å². The van der Waals surface area contributed by atoms with E-state index in [1.807, 2.05) is 32.0 Å². The van der Waals surface area contributed by atoms with Crippen LogP contribution in [-0.4, -0.2) is 30.3 Å². The van der Waals surface area contributed by atoms with E-state index < -0.39 is 23.1 Å². The van der Waals surface area contributed by atoms with Crippen LogP contribution in [0.15, 0.2) is 71.7 Å². The molecule has 2 heterocycles. The van der Waals surface area contributed by atoms with Crippen LogP contribution in [0, 0.1) is 11.6 Å². The van der Waals surface area contributed by atoms with Crippen LogP contribution in [0.1, 0.15) is 46.5 Å². The molecule has 0 unspecified atom stereocenters. The average molecular weight is 570 g/mol. The highest BCUT2D eigenvalue weighted by atomic mass is 19.1. The SMILES string of the molecule is CCc1cccc(CC)c1-n1c(-c2ccn(C)n2)nc(=O)c(Cc2ccc(-c3ccc(F)cc3C(N)=O)cc2F)c1O. The maximum atomic E-state index is 15.5. The zero-order valence-corrected chi connectivity index (χ0v) is 23.4. The number of halogens is 2. The Labute approximate surface area is 240 Å². The molecular weight excluding hydrogens is 540 g/mol. The van der Waals surface area contributed by atoms with Crippen molar-refractivity contribution in [1.82, 2.24) is 19.3 Å². The third-order valence-electron chi connectivity index (χ3n) is 7.27. The number of aromatic nitrogens is 4. The molecule has 0 saturated heterocycles. The largest absolute Gasteiger partial charge is 0.494 e. The van der Waals surface area contributed by atoms with E-state index in [2.05, 4.69) is 10.1 Å². The molecule has 2 aromatic heterocycles. The van der Waals surface area contributed by atoms with Gasteiger partial charge in [-0.05, 0) is 64.9 Å². The fourth-order valence-electron chi connectivity index (χ4n) is 5.14. The topological polar surface area (TPSA) is 116 Å². The number of carbonyl (C=O) groups excluding carboxylic acids is 1. The molecule has 0 fully saturated rings. The second-order valence-corrected chi connectivity index (χ2v) is 9.92. The lowest BCUT2D eigenvalue weighted by Crippen LogP contribution is -2.22. The summed E-state index contributed by atoms with van der Waals surface area (Å²) in [6, 6.07) is 15.2. The first kappa shape index (κ1) is 28.4. The minimum absolute atomic E-state index is 0.0849. The minimum Gasteiger partial charge on any atom is -0.494 e. The monoisotopic (exact) mass is 569 g/mol. The van der Waals surface area contributed by atoms with Crippen molar-refractivity contribution in [2.75, 3.05) is 0 Å². The Balaban J connectivity index is 1.67. The molecule has 5 aromatic rings. The van der Waals surface area contributed by atoms with Gasteiger partial charge in [0.15, 0.2) is 5.82 Å². The van der Waals surface area contributed by atoms with Crippen LogP contribution in [-0.2, 0) is 26.3 Å². The summed E-state index contributed by atoms with van der Waals surface area (Å²) < 4.78 is 32.3. The molecule has 0 aliphatic rings. The fourth-order valence-corrected chi connectivity index (χ4v) is 5.14. The Morgan fingerprint density at radius 2 is 1.69 bits per heavy atom. The number of rotatable bonds is 8. The van der Waals surface area contributed by atoms with Crippen LogP contribution < -0.4 is 11.3 Å². The molecule has 214 valence electrons. The zero-order chi connectivity index (χ0) is 30.1. The van der Waals surface area contributed by atoms with Gasteiger partial charge in [-0.15, -0.1) is 0 Å². The molecule has 0 radical (unpaired) electrons. The summed E-state index contributed by atoms with van der Waals surface area (Å²) in [6.45, 7) is 3.99. The zero-order valence-electron chi connectivity index (χ0n) is 23.4. The Kier molecular flexibility index (Phi) is 7.71. The molecule has 1 amide bonds. The van der Waals surface area contributed by atoms with Gasteiger partial charge in [-0.3, -0.25) is 18.8 Å². The van der Waals surface area contributed by atoms with Crippen LogP contribution in [0.3, 0.4) is 0 Å². The van der Waals surface area contributed by atoms with E-state index in [-0.39, 0.29) is 40.4 Å². The highest BCUT2D eigenvalue weighted by Crippen LogP contribution is 2.33. The van der Waals surface area contributed by atoms with Gasteiger partial charge in [0.25, 0.3) is 5.56 Å². The average Bonchev–Trinajstić information content (AvgIpc) is 3.41. The number of benzene rings is 3. The summed E-state index contributed by atoms with van der Waals surface area (Å²) in [4.78, 5) is 29.6. The highest BCUT2D eigenvalue weighted by molar-refractivity contribution is 5.99. The molecular formula is C32H29F2N5O3. The molecule has 0 aliphatic carbocycles. The standard InChI is InChI=1S/C32H29F2N5O3/c1-4-18-7-6-8-19(5-2)28(18)39-30(27-13-14-38(3)37-27)36-31(41)25(32(39)42)15-21-10-9-20(16-26(21)34)23-12-11-22(33)17-24(23)29(35)40/h6-14,16-17,42H,4-5,15H2,1-3H3,(H2,35,40). The molecule has 8 nitrogen and oxygen atoms in total. The predicted molar refractivity (Wildman–Crippen MR) is 156 cm³/mol. The molecule has 0 saturated carbocycles. The summed E-state index contributed by atoms with van der Waals surface area (Å²) >= 11 is 0. The van der Waals surface area contributed by atoms with Gasteiger partial charge < -0.3 is 10.8 Å². The van der Waals surface area contributed by atoms with Crippen molar-refractivity contribution in [3.05, 3.63) is 117 Å². The number of amides is 1. The van der Waals surface area contributed by atoms with Gasteiger partial charge >= 0.3 is 0 Å². The molecule has 0 spiro atoms. The quantitative estimate of drug-likeness (QED) is 0.270. The number of nitrogens with zero attached hydrogens (tertiary/aromatic N) is 4. The third-order valence-corrected chi connectivity index (χ3v) is 7.27. The van der Waals surface area contributed by atoms with Crippen LogP contribution in [0.25, 0.3) is 28.3 Å². The van der Waals surface area contributed by atoms with E-state index in [4.69, 9.17) is 5.73 Å². The van der Waals surface area contributed by atoms with E-state index in [0.29, 0.717) is 29.8 Å². The van der Waals surface area contributed by atoms with E-state index in [0.717, 1.165) is 23.3 Å². The van der Waals surface area contributed by atoms with Gasteiger partial charge in [0.1, 0.15) is 17.3 Å². The van der Waals surface area contributed by atoms with Crippen molar-refractivity contribution in [1.29, 1.82) is 0 Å².